The molecule has 9 heteroatoms. The van der Waals surface area contributed by atoms with Gasteiger partial charge in [-0.25, -0.2) is 4.79 Å². The van der Waals surface area contributed by atoms with Crippen molar-refractivity contribution in [2.24, 2.45) is 7.05 Å². The van der Waals surface area contributed by atoms with Crippen LogP contribution in [0.4, 0.5) is 5.95 Å². The molecule has 2 aromatic rings. The van der Waals surface area contributed by atoms with E-state index in [1.807, 2.05) is 20.8 Å². The molecule has 3 N–H and O–H groups in total. The lowest BCUT2D eigenvalue weighted by Gasteiger charge is -2.16. The van der Waals surface area contributed by atoms with Gasteiger partial charge in [-0.05, 0) is 20.8 Å². The summed E-state index contributed by atoms with van der Waals surface area (Å²) in [5, 5.41) is 13.2. The number of imidazole rings is 1. The molecule has 0 unspecified atom stereocenters. The highest BCUT2D eigenvalue weighted by Crippen LogP contribution is 2.16. The fourth-order valence-corrected chi connectivity index (χ4v) is 2.27. The van der Waals surface area contributed by atoms with Crippen LogP contribution in [0.15, 0.2) is 9.59 Å². The predicted molar refractivity (Wildman–Crippen MR) is 86.9 cm³/mol. The standard InChI is InChI=1S/C14H23N5O4/c1-5-15-13-16-11-10(12(21)17-14(22)18(11)4)19(13)6-9(20)7-23-8(2)3/h8-9,20H,5-7H2,1-4H3,(H,15,16)(H,17,21,22)/t9-/m1/s1. The molecule has 2 rings (SSSR count). The van der Waals surface area contributed by atoms with Crippen LogP contribution in [-0.4, -0.2) is 49.6 Å². The fourth-order valence-electron chi connectivity index (χ4n) is 2.27. The van der Waals surface area contributed by atoms with E-state index in [1.54, 1.807) is 4.57 Å². The zero-order valence-electron chi connectivity index (χ0n) is 13.8. The molecule has 0 radical (unpaired) electrons. The highest BCUT2D eigenvalue weighted by Gasteiger charge is 2.19. The van der Waals surface area contributed by atoms with Crippen molar-refractivity contribution in [1.29, 1.82) is 0 Å². The van der Waals surface area contributed by atoms with Gasteiger partial charge in [-0.2, -0.15) is 4.98 Å². The molecule has 0 amide bonds. The Morgan fingerprint density at radius 1 is 1.39 bits per heavy atom. The van der Waals surface area contributed by atoms with Gasteiger partial charge in [0.15, 0.2) is 11.2 Å². The molecule has 0 saturated carbocycles. The van der Waals surface area contributed by atoms with Crippen LogP contribution in [0.1, 0.15) is 20.8 Å². The summed E-state index contributed by atoms with van der Waals surface area (Å²) in [6.07, 6.45) is -0.800. The van der Waals surface area contributed by atoms with Gasteiger partial charge in [-0.1, -0.05) is 0 Å². The van der Waals surface area contributed by atoms with E-state index in [2.05, 4.69) is 15.3 Å². The van der Waals surface area contributed by atoms with Crippen LogP contribution in [-0.2, 0) is 18.3 Å². The second kappa shape index (κ2) is 6.97. The van der Waals surface area contributed by atoms with Crippen molar-refractivity contribution in [3.05, 3.63) is 20.8 Å². The molecule has 0 fully saturated rings. The van der Waals surface area contributed by atoms with E-state index < -0.39 is 17.4 Å². The number of aromatic nitrogens is 4. The quantitative estimate of drug-likeness (QED) is 0.640. The third kappa shape index (κ3) is 3.62. The van der Waals surface area contributed by atoms with Gasteiger partial charge in [0.1, 0.15) is 0 Å². The van der Waals surface area contributed by atoms with Gasteiger partial charge in [0.25, 0.3) is 5.56 Å². The summed E-state index contributed by atoms with van der Waals surface area (Å²) in [6.45, 7) is 6.52. The Morgan fingerprint density at radius 3 is 2.70 bits per heavy atom. The minimum absolute atomic E-state index is 0.00152. The molecule has 0 aliphatic carbocycles. The topological polar surface area (TPSA) is 114 Å². The van der Waals surface area contributed by atoms with E-state index in [-0.39, 0.29) is 30.4 Å². The van der Waals surface area contributed by atoms with Crippen molar-refractivity contribution >= 4 is 17.1 Å². The van der Waals surface area contributed by atoms with Gasteiger partial charge in [-0.15, -0.1) is 0 Å². The van der Waals surface area contributed by atoms with E-state index in [0.29, 0.717) is 12.5 Å². The smallest absolute Gasteiger partial charge is 0.329 e. The SMILES string of the molecule is CCNc1nc2c(c(=O)[nH]c(=O)n2C)n1C[C@@H](O)COC(C)C. The van der Waals surface area contributed by atoms with Gasteiger partial charge in [0.05, 0.1) is 25.4 Å². The lowest BCUT2D eigenvalue weighted by molar-refractivity contribution is -0.000105. The number of hydrogen-bond acceptors (Lipinski definition) is 6. The first kappa shape index (κ1) is 17.2. The van der Waals surface area contributed by atoms with Crippen molar-refractivity contribution in [1.82, 2.24) is 19.1 Å². The molecular formula is C14H23N5O4. The molecule has 0 bridgehead atoms. The first-order chi connectivity index (χ1) is 10.8. The van der Waals surface area contributed by atoms with Gasteiger partial charge in [0, 0.05) is 13.6 Å². The van der Waals surface area contributed by atoms with Gasteiger partial charge < -0.3 is 19.7 Å². The summed E-state index contributed by atoms with van der Waals surface area (Å²) in [4.78, 5) is 30.4. The summed E-state index contributed by atoms with van der Waals surface area (Å²) in [6, 6.07) is 0. The molecular weight excluding hydrogens is 302 g/mol. The van der Waals surface area contributed by atoms with Gasteiger partial charge in [0.2, 0.25) is 5.95 Å². The molecule has 128 valence electrons. The number of hydrogen-bond donors (Lipinski definition) is 3. The summed E-state index contributed by atoms with van der Waals surface area (Å²) in [5.41, 5.74) is -0.547. The summed E-state index contributed by atoms with van der Waals surface area (Å²) < 4.78 is 8.24. The molecule has 23 heavy (non-hydrogen) atoms. The lowest BCUT2D eigenvalue weighted by atomic mass is 10.3. The number of rotatable bonds is 7. The number of nitrogens with one attached hydrogen (secondary N) is 2. The maximum atomic E-state index is 12.2. The summed E-state index contributed by atoms with van der Waals surface area (Å²) in [7, 11) is 1.53. The number of fused-ring (bicyclic) bond motifs is 1. The first-order valence-electron chi connectivity index (χ1n) is 7.58. The van der Waals surface area contributed by atoms with Crippen LogP contribution in [0.5, 0.6) is 0 Å². The van der Waals surface area contributed by atoms with Crippen molar-refractivity contribution in [2.45, 2.75) is 39.5 Å². The molecule has 0 aliphatic rings. The predicted octanol–water partition coefficient (Wildman–Crippen LogP) is -0.359. The van der Waals surface area contributed by atoms with Crippen LogP contribution in [0.2, 0.25) is 0 Å². The second-order valence-electron chi connectivity index (χ2n) is 5.60. The first-order valence-corrected chi connectivity index (χ1v) is 7.58. The van der Waals surface area contributed by atoms with Crippen molar-refractivity contribution < 1.29 is 9.84 Å². The minimum atomic E-state index is -0.802. The molecule has 2 heterocycles. The molecule has 1 atom stereocenters. The summed E-state index contributed by atoms with van der Waals surface area (Å²) in [5.74, 6) is 0.429. The Balaban J connectivity index is 2.48. The zero-order chi connectivity index (χ0) is 17.1. The number of H-pyrrole nitrogens is 1. The third-order valence-corrected chi connectivity index (χ3v) is 3.36. The monoisotopic (exact) mass is 325 g/mol. The van der Waals surface area contributed by atoms with Crippen LogP contribution < -0.4 is 16.6 Å². The lowest BCUT2D eigenvalue weighted by Crippen LogP contribution is -2.30. The third-order valence-electron chi connectivity index (χ3n) is 3.36. The number of nitrogens with zero attached hydrogens (tertiary/aromatic N) is 3. The molecule has 9 nitrogen and oxygen atoms in total. The number of aromatic amines is 1. The number of anilines is 1. The van der Waals surface area contributed by atoms with E-state index in [1.165, 1.54) is 11.6 Å². The molecule has 0 spiro atoms. The van der Waals surface area contributed by atoms with Crippen molar-refractivity contribution in [3.8, 4) is 0 Å². The minimum Gasteiger partial charge on any atom is -0.389 e. The average molecular weight is 325 g/mol. The maximum Gasteiger partial charge on any atom is 0.329 e. The van der Waals surface area contributed by atoms with E-state index in [9.17, 15) is 14.7 Å². The molecule has 0 aliphatic heterocycles. The second-order valence-corrected chi connectivity index (χ2v) is 5.60. The van der Waals surface area contributed by atoms with Crippen LogP contribution in [0.25, 0.3) is 11.2 Å². The number of aliphatic hydroxyl groups is 1. The van der Waals surface area contributed by atoms with Crippen molar-refractivity contribution in [3.63, 3.8) is 0 Å². The van der Waals surface area contributed by atoms with E-state index >= 15 is 0 Å². The highest BCUT2D eigenvalue weighted by molar-refractivity contribution is 5.74. The highest BCUT2D eigenvalue weighted by atomic mass is 16.5. The largest absolute Gasteiger partial charge is 0.389 e. The van der Waals surface area contributed by atoms with Crippen LogP contribution >= 0.6 is 0 Å². The molecule has 0 aromatic carbocycles. The Bertz CT molecular complexity index is 789. The normalized spacial score (nSPS) is 13.0. The Morgan fingerprint density at radius 2 is 2.09 bits per heavy atom. The Labute approximate surface area is 132 Å². The molecule has 2 aromatic heterocycles. The van der Waals surface area contributed by atoms with Crippen LogP contribution in [0.3, 0.4) is 0 Å². The number of ether oxygens (including phenoxy) is 1. The summed E-state index contributed by atoms with van der Waals surface area (Å²) >= 11 is 0. The Kier molecular flexibility index (Phi) is 5.22. The average Bonchev–Trinajstić information content (AvgIpc) is 2.82. The van der Waals surface area contributed by atoms with Gasteiger partial charge >= 0.3 is 5.69 Å². The fraction of sp³-hybridized carbons (Fsp3) is 0.643. The van der Waals surface area contributed by atoms with E-state index in [4.69, 9.17) is 4.74 Å². The number of aryl methyl sites for hydroxylation is 1. The van der Waals surface area contributed by atoms with Gasteiger partial charge in [-0.3, -0.25) is 14.3 Å². The van der Waals surface area contributed by atoms with Crippen LogP contribution in [0, 0.1) is 0 Å². The molecule has 0 saturated heterocycles. The van der Waals surface area contributed by atoms with Crippen molar-refractivity contribution in [2.75, 3.05) is 18.5 Å². The number of aliphatic hydroxyl groups excluding tert-OH is 1. The maximum absolute atomic E-state index is 12.2. The Hall–Kier alpha value is -2.13. The zero-order valence-corrected chi connectivity index (χ0v) is 13.8. The van der Waals surface area contributed by atoms with E-state index in [0.717, 1.165) is 0 Å².